The van der Waals surface area contributed by atoms with Gasteiger partial charge >= 0.3 is 0 Å². The number of carbonyl (C=O) groups is 1. The Bertz CT molecular complexity index is 1160. The molecule has 0 bridgehead atoms. The molecule has 7 nitrogen and oxygen atoms in total. The van der Waals surface area contributed by atoms with Crippen LogP contribution >= 0.6 is 0 Å². The van der Waals surface area contributed by atoms with Crippen LogP contribution in [0.3, 0.4) is 0 Å². The highest BCUT2D eigenvalue weighted by Crippen LogP contribution is 2.27. The van der Waals surface area contributed by atoms with Crippen LogP contribution in [0, 0.1) is 6.92 Å². The number of carbonyl (C=O) groups excluding carboxylic acids is 1. The fraction of sp³-hybridized carbons (Fsp3) is 0.208. The minimum atomic E-state index is -3.99. The molecule has 168 valence electrons. The summed E-state index contributed by atoms with van der Waals surface area (Å²) in [6, 6.07) is 20.5. The van der Waals surface area contributed by atoms with Gasteiger partial charge < -0.3 is 14.8 Å². The molecular weight excluding hydrogens is 428 g/mol. The molecule has 0 radical (unpaired) electrons. The highest BCUT2D eigenvalue weighted by atomic mass is 32.2. The van der Waals surface area contributed by atoms with Crippen molar-refractivity contribution in [3.05, 3.63) is 83.9 Å². The minimum Gasteiger partial charge on any atom is -0.497 e. The van der Waals surface area contributed by atoms with Crippen molar-refractivity contribution >= 4 is 21.6 Å². The molecule has 32 heavy (non-hydrogen) atoms. The van der Waals surface area contributed by atoms with E-state index in [9.17, 15) is 13.2 Å². The third-order valence-corrected chi connectivity index (χ3v) is 6.70. The summed E-state index contributed by atoms with van der Waals surface area (Å²) in [7, 11) is -0.877. The number of para-hydroxylation sites is 1. The van der Waals surface area contributed by atoms with E-state index in [1.807, 2.05) is 12.1 Å². The van der Waals surface area contributed by atoms with Gasteiger partial charge in [0, 0.05) is 6.54 Å². The Hall–Kier alpha value is -3.52. The molecule has 8 heteroatoms. The van der Waals surface area contributed by atoms with Crippen molar-refractivity contribution in [2.45, 2.75) is 18.4 Å². The first-order chi connectivity index (χ1) is 15.3. The number of aryl methyl sites for hydroxylation is 1. The molecule has 3 rings (SSSR count). The van der Waals surface area contributed by atoms with Gasteiger partial charge in [-0.25, -0.2) is 8.42 Å². The average Bonchev–Trinajstić information content (AvgIpc) is 2.81. The summed E-state index contributed by atoms with van der Waals surface area (Å²) < 4.78 is 38.4. The van der Waals surface area contributed by atoms with Crippen LogP contribution in [0.4, 0.5) is 5.69 Å². The average molecular weight is 455 g/mol. The molecule has 0 fully saturated rings. The van der Waals surface area contributed by atoms with Gasteiger partial charge in [0.15, 0.2) is 0 Å². The SMILES string of the molecule is COc1ccc(CNC(=O)CN(c2ccccc2)S(=O)(=O)c2ccc(OC)c(C)c2)cc1. The molecule has 3 aromatic rings. The molecule has 0 aliphatic carbocycles. The van der Waals surface area contributed by atoms with Crippen LogP contribution in [0.5, 0.6) is 11.5 Å². The summed E-state index contributed by atoms with van der Waals surface area (Å²) >= 11 is 0. The lowest BCUT2D eigenvalue weighted by molar-refractivity contribution is -0.119. The number of hydrogen-bond acceptors (Lipinski definition) is 5. The lowest BCUT2D eigenvalue weighted by Gasteiger charge is -2.24. The number of nitrogens with zero attached hydrogens (tertiary/aromatic N) is 1. The van der Waals surface area contributed by atoms with Gasteiger partial charge in [-0.05, 0) is 60.5 Å². The van der Waals surface area contributed by atoms with Crippen molar-refractivity contribution < 1.29 is 22.7 Å². The number of methoxy groups -OCH3 is 2. The Morgan fingerprint density at radius 3 is 2.22 bits per heavy atom. The summed E-state index contributed by atoms with van der Waals surface area (Å²) in [6.45, 7) is 1.69. The van der Waals surface area contributed by atoms with Gasteiger partial charge in [0.25, 0.3) is 10.0 Å². The van der Waals surface area contributed by atoms with Crippen LogP contribution < -0.4 is 19.1 Å². The Balaban J connectivity index is 1.82. The van der Waals surface area contributed by atoms with Gasteiger partial charge in [-0.1, -0.05) is 30.3 Å². The number of anilines is 1. The zero-order valence-electron chi connectivity index (χ0n) is 18.2. The van der Waals surface area contributed by atoms with E-state index in [2.05, 4.69) is 5.32 Å². The zero-order chi connectivity index (χ0) is 23.1. The molecular formula is C24H26N2O5S. The van der Waals surface area contributed by atoms with Gasteiger partial charge in [0.1, 0.15) is 18.0 Å². The second-order valence-electron chi connectivity index (χ2n) is 7.10. The summed E-state index contributed by atoms with van der Waals surface area (Å²) in [6.07, 6.45) is 0. The largest absolute Gasteiger partial charge is 0.497 e. The fourth-order valence-corrected chi connectivity index (χ4v) is 4.68. The number of nitrogens with one attached hydrogen (secondary N) is 1. The summed E-state index contributed by atoms with van der Waals surface area (Å²) in [5.41, 5.74) is 1.96. The van der Waals surface area contributed by atoms with E-state index in [1.54, 1.807) is 68.6 Å². The maximum Gasteiger partial charge on any atom is 0.264 e. The first-order valence-corrected chi connectivity index (χ1v) is 11.4. The standard InChI is InChI=1S/C24H26N2O5S/c1-18-15-22(13-14-23(18)31-3)32(28,29)26(20-7-5-4-6-8-20)17-24(27)25-16-19-9-11-21(30-2)12-10-19/h4-15H,16-17H2,1-3H3,(H,25,27). The van der Waals surface area contributed by atoms with Crippen LogP contribution in [0.15, 0.2) is 77.7 Å². The van der Waals surface area contributed by atoms with Gasteiger partial charge in [-0.2, -0.15) is 0 Å². The van der Waals surface area contributed by atoms with E-state index in [1.165, 1.54) is 13.2 Å². The van der Waals surface area contributed by atoms with Crippen LogP contribution in [0.25, 0.3) is 0 Å². The molecule has 0 aliphatic rings. The number of rotatable bonds is 9. The molecule has 0 aliphatic heterocycles. The van der Waals surface area contributed by atoms with Crippen molar-refractivity contribution in [3.63, 3.8) is 0 Å². The lowest BCUT2D eigenvalue weighted by atomic mass is 10.2. The topological polar surface area (TPSA) is 84.9 Å². The number of hydrogen-bond donors (Lipinski definition) is 1. The van der Waals surface area contributed by atoms with Crippen LogP contribution in [0.2, 0.25) is 0 Å². The molecule has 1 N–H and O–H groups in total. The van der Waals surface area contributed by atoms with Gasteiger partial charge in [0.2, 0.25) is 5.91 Å². The summed E-state index contributed by atoms with van der Waals surface area (Å²) in [4.78, 5) is 12.8. The van der Waals surface area contributed by atoms with E-state index in [0.717, 1.165) is 15.6 Å². The third kappa shape index (κ3) is 5.39. The van der Waals surface area contributed by atoms with Gasteiger partial charge in [-0.3, -0.25) is 9.10 Å². The maximum atomic E-state index is 13.5. The molecule has 0 saturated carbocycles. The van der Waals surface area contributed by atoms with Crippen molar-refractivity contribution in [1.29, 1.82) is 0 Å². The van der Waals surface area contributed by atoms with E-state index >= 15 is 0 Å². The Morgan fingerprint density at radius 2 is 1.62 bits per heavy atom. The first-order valence-electron chi connectivity index (χ1n) is 9.97. The van der Waals surface area contributed by atoms with E-state index in [4.69, 9.17) is 9.47 Å². The number of amides is 1. The van der Waals surface area contributed by atoms with Crippen LogP contribution in [-0.4, -0.2) is 35.1 Å². The van der Waals surface area contributed by atoms with Crippen molar-refractivity contribution in [2.75, 3.05) is 25.1 Å². The highest BCUT2D eigenvalue weighted by molar-refractivity contribution is 7.92. The Morgan fingerprint density at radius 1 is 0.938 bits per heavy atom. The highest BCUT2D eigenvalue weighted by Gasteiger charge is 2.27. The zero-order valence-corrected chi connectivity index (χ0v) is 19.1. The van der Waals surface area contributed by atoms with Crippen molar-refractivity contribution in [3.8, 4) is 11.5 Å². The van der Waals surface area contributed by atoms with Crippen LogP contribution in [0.1, 0.15) is 11.1 Å². The Kier molecular flexibility index (Phi) is 7.37. The van der Waals surface area contributed by atoms with Crippen LogP contribution in [-0.2, 0) is 21.4 Å². The van der Waals surface area contributed by atoms with E-state index in [-0.39, 0.29) is 18.0 Å². The smallest absolute Gasteiger partial charge is 0.264 e. The summed E-state index contributed by atoms with van der Waals surface area (Å²) in [5.74, 6) is 0.891. The quantitative estimate of drug-likeness (QED) is 0.535. The minimum absolute atomic E-state index is 0.0857. The molecule has 0 saturated heterocycles. The van der Waals surface area contributed by atoms with E-state index in [0.29, 0.717) is 17.0 Å². The number of sulfonamides is 1. The molecule has 1 amide bonds. The molecule has 0 unspecified atom stereocenters. The van der Waals surface area contributed by atoms with E-state index < -0.39 is 15.9 Å². The fourth-order valence-electron chi connectivity index (χ4n) is 3.18. The predicted molar refractivity (Wildman–Crippen MR) is 124 cm³/mol. The normalized spacial score (nSPS) is 11.0. The summed E-state index contributed by atoms with van der Waals surface area (Å²) in [5, 5.41) is 2.78. The van der Waals surface area contributed by atoms with Crippen molar-refractivity contribution in [2.24, 2.45) is 0 Å². The predicted octanol–water partition coefficient (Wildman–Crippen LogP) is 3.52. The molecule has 3 aromatic carbocycles. The van der Waals surface area contributed by atoms with Gasteiger partial charge in [-0.15, -0.1) is 0 Å². The number of benzene rings is 3. The van der Waals surface area contributed by atoms with Crippen molar-refractivity contribution in [1.82, 2.24) is 5.32 Å². The monoisotopic (exact) mass is 454 g/mol. The maximum absolute atomic E-state index is 13.5. The third-order valence-electron chi connectivity index (χ3n) is 4.93. The molecule has 0 aromatic heterocycles. The van der Waals surface area contributed by atoms with Gasteiger partial charge in [0.05, 0.1) is 24.8 Å². The first kappa shape index (κ1) is 23.1. The molecule has 0 heterocycles. The second kappa shape index (κ2) is 10.2. The molecule has 0 atom stereocenters. The second-order valence-corrected chi connectivity index (χ2v) is 8.97. The Labute approximate surface area is 188 Å². The lowest BCUT2D eigenvalue weighted by Crippen LogP contribution is -2.40. The molecule has 0 spiro atoms. The number of ether oxygens (including phenoxy) is 2.